The van der Waals surface area contributed by atoms with E-state index in [1.165, 1.54) is 23.1 Å². The standard InChI is InChI=1S/C18H12N6O2S2/c25-14(21-17-19-7-9-27-17)10-28-18-23-22-15-11-4-1-2-5-12(11)20-16(24(15)18)13-6-3-8-26-13/h1-9H,10H2,(H,19,21,25). The number of hydrogen-bond donors (Lipinski definition) is 1. The summed E-state index contributed by atoms with van der Waals surface area (Å²) in [5, 5.41) is 15.2. The Morgan fingerprint density at radius 1 is 1.21 bits per heavy atom. The molecule has 8 nitrogen and oxygen atoms in total. The van der Waals surface area contributed by atoms with Gasteiger partial charge >= 0.3 is 0 Å². The highest BCUT2D eigenvalue weighted by Gasteiger charge is 2.19. The maximum absolute atomic E-state index is 12.2. The molecule has 0 saturated heterocycles. The van der Waals surface area contributed by atoms with Crippen LogP contribution in [0.1, 0.15) is 0 Å². The average molecular weight is 408 g/mol. The molecular weight excluding hydrogens is 396 g/mol. The van der Waals surface area contributed by atoms with Crippen molar-refractivity contribution in [2.75, 3.05) is 11.1 Å². The summed E-state index contributed by atoms with van der Waals surface area (Å²) in [5.41, 5.74) is 1.46. The van der Waals surface area contributed by atoms with Crippen molar-refractivity contribution in [1.29, 1.82) is 0 Å². The third kappa shape index (κ3) is 3.02. The molecule has 1 aromatic carbocycles. The van der Waals surface area contributed by atoms with Crippen LogP contribution in [0, 0.1) is 0 Å². The molecular formula is C18H12N6O2S2. The fourth-order valence-corrected chi connectivity index (χ4v) is 4.07. The summed E-state index contributed by atoms with van der Waals surface area (Å²) in [7, 11) is 0. The molecule has 28 heavy (non-hydrogen) atoms. The van der Waals surface area contributed by atoms with Gasteiger partial charge in [0.05, 0.1) is 17.5 Å². The van der Waals surface area contributed by atoms with Crippen LogP contribution in [0.4, 0.5) is 5.13 Å². The molecule has 5 rings (SSSR count). The number of para-hydroxylation sites is 1. The summed E-state index contributed by atoms with van der Waals surface area (Å²) in [6.07, 6.45) is 3.24. The zero-order valence-electron chi connectivity index (χ0n) is 14.3. The maximum atomic E-state index is 12.2. The van der Waals surface area contributed by atoms with Gasteiger partial charge in [-0.2, -0.15) is 0 Å². The Kier molecular flexibility index (Phi) is 4.26. The van der Waals surface area contributed by atoms with Gasteiger partial charge in [-0.25, -0.2) is 9.97 Å². The molecule has 4 aromatic heterocycles. The Bertz CT molecular complexity index is 1260. The van der Waals surface area contributed by atoms with Crippen molar-refractivity contribution in [3.05, 3.63) is 54.2 Å². The van der Waals surface area contributed by atoms with Gasteiger partial charge in [-0.05, 0) is 24.3 Å². The molecule has 10 heteroatoms. The molecule has 0 saturated carbocycles. The van der Waals surface area contributed by atoms with Crippen LogP contribution in [-0.2, 0) is 4.79 Å². The third-order valence-electron chi connectivity index (χ3n) is 3.97. The molecule has 1 N–H and O–H groups in total. The van der Waals surface area contributed by atoms with E-state index in [0.717, 1.165) is 10.9 Å². The van der Waals surface area contributed by atoms with Crippen LogP contribution >= 0.6 is 23.1 Å². The number of nitrogens with zero attached hydrogens (tertiary/aromatic N) is 5. The summed E-state index contributed by atoms with van der Waals surface area (Å²) in [5.74, 6) is 1.20. The van der Waals surface area contributed by atoms with Crippen molar-refractivity contribution >= 4 is 50.7 Å². The first kappa shape index (κ1) is 16.9. The Balaban J connectivity index is 1.54. The number of carbonyl (C=O) groups excluding carboxylic acids is 1. The second-order valence-corrected chi connectivity index (χ2v) is 7.58. The SMILES string of the molecule is O=C(CSc1nnc2c3ccccc3nc(-c3ccco3)n12)Nc1nccs1. The molecule has 0 atom stereocenters. The molecule has 0 spiro atoms. The zero-order valence-corrected chi connectivity index (χ0v) is 15.9. The summed E-state index contributed by atoms with van der Waals surface area (Å²) >= 11 is 2.65. The highest BCUT2D eigenvalue weighted by atomic mass is 32.2. The number of anilines is 1. The van der Waals surface area contributed by atoms with Gasteiger partial charge in [0.25, 0.3) is 0 Å². The van der Waals surface area contributed by atoms with Crippen molar-refractivity contribution in [3.63, 3.8) is 0 Å². The van der Waals surface area contributed by atoms with Crippen LogP contribution in [0.25, 0.3) is 28.1 Å². The lowest BCUT2D eigenvalue weighted by atomic mass is 10.2. The van der Waals surface area contributed by atoms with Gasteiger partial charge in [0.15, 0.2) is 27.5 Å². The van der Waals surface area contributed by atoms with Crippen LogP contribution in [0.2, 0.25) is 0 Å². The second-order valence-electron chi connectivity index (χ2n) is 5.75. The van der Waals surface area contributed by atoms with Gasteiger partial charge < -0.3 is 9.73 Å². The van der Waals surface area contributed by atoms with Crippen molar-refractivity contribution < 1.29 is 9.21 Å². The molecule has 4 heterocycles. The van der Waals surface area contributed by atoms with Gasteiger partial charge in [0, 0.05) is 17.0 Å². The second kappa shape index (κ2) is 7.06. The lowest BCUT2D eigenvalue weighted by molar-refractivity contribution is -0.113. The summed E-state index contributed by atoms with van der Waals surface area (Å²) in [4.78, 5) is 21.0. The summed E-state index contributed by atoms with van der Waals surface area (Å²) in [6, 6.07) is 11.4. The average Bonchev–Trinajstić information content (AvgIpc) is 3.47. The van der Waals surface area contributed by atoms with Gasteiger partial charge in [-0.15, -0.1) is 21.5 Å². The number of aromatic nitrogens is 5. The van der Waals surface area contributed by atoms with E-state index in [1.807, 2.05) is 34.7 Å². The smallest absolute Gasteiger partial charge is 0.236 e. The van der Waals surface area contributed by atoms with E-state index in [-0.39, 0.29) is 11.7 Å². The molecule has 0 bridgehead atoms. The molecule has 0 aliphatic rings. The lowest BCUT2D eigenvalue weighted by Gasteiger charge is -2.07. The minimum atomic E-state index is -0.162. The van der Waals surface area contributed by atoms with E-state index < -0.39 is 0 Å². The Hall–Kier alpha value is -3.24. The number of thiazole rings is 1. The largest absolute Gasteiger partial charge is 0.461 e. The van der Waals surface area contributed by atoms with Gasteiger partial charge in [0.1, 0.15) is 0 Å². The molecule has 0 unspecified atom stereocenters. The molecule has 1 amide bonds. The van der Waals surface area contributed by atoms with Crippen LogP contribution in [0.5, 0.6) is 0 Å². The molecule has 0 fully saturated rings. The topological polar surface area (TPSA) is 98.2 Å². The first-order valence-corrected chi connectivity index (χ1v) is 10.2. The number of amides is 1. The first-order valence-electron chi connectivity index (χ1n) is 8.29. The molecule has 138 valence electrons. The predicted molar refractivity (Wildman–Crippen MR) is 107 cm³/mol. The van der Waals surface area contributed by atoms with Crippen LogP contribution in [0.15, 0.2) is 63.8 Å². The van der Waals surface area contributed by atoms with E-state index in [1.54, 1.807) is 23.9 Å². The van der Waals surface area contributed by atoms with Crippen molar-refractivity contribution in [1.82, 2.24) is 24.6 Å². The third-order valence-corrected chi connectivity index (χ3v) is 5.59. The number of hydrogen-bond acceptors (Lipinski definition) is 8. The molecule has 0 aliphatic heterocycles. The number of thioether (sulfide) groups is 1. The molecule has 0 radical (unpaired) electrons. The predicted octanol–water partition coefficient (Wildman–Crippen LogP) is 3.72. The number of carbonyl (C=O) groups is 1. The van der Waals surface area contributed by atoms with Gasteiger partial charge in [-0.3, -0.25) is 9.20 Å². The fraction of sp³-hybridized carbons (Fsp3) is 0.0556. The lowest BCUT2D eigenvalue weighted by Crippen LogP contribution is -2.14. The van der Waals surface area contributed by atoms with Crippen molar-refractivity contribution in [2.24, 2.45) is 0 Å². The minimum absolute atomic E-state index is 0.162. The van der Waals surface area contributed by atoms with Gasteiger partial charge in [0.2, 0.25) is 5.91 Å². The number of fused-ring (bicyclic) bond motifs is 3. The quantitative estimate of drug-likeness (QED) is 0.443. The Morgan fingerprint density at radius 3 is 2.96 bits per heavy atom. The number of benzene rings is 1. The zero-order chi connectivity index (χ0) is 18.9. The van der Waals surface area contributed by atoms with E-state index in [2.05, 4.69) is 20.5 Å². The van der Waals surface area contributed by atoms with Crippen LogP contribution < -0.4 is 5.32 Å². The highest BCUT2D eigenvalue weighted by molar-refractivity contribution is 7.99. The number of rotatable bonds is 5. The molecule has 5 aromatic rings. The Morgan fingerprint density at radius 2 is 2.14 bits per heavy atom. The number of furan rings is 1. The summed E-state index contributed by atoms with van der Waals surface area (Å²) in [6.45, 7) is 0. The summed E-state index contributed by atoms with van der Waals surface area (Å²) < 4.78 is 7.38. The normalized spacial score (nSPS) is 11.3. The monoisotopic (exact) mass is 408 g/mol. The van der Waals surface area contributed by atoms with Crippen molar-refractivity contribution in [2.45, 2.75) is 5.16 Å². The highest BCUT2D eigenvalue weighted by Crippen LogP contribution is 2.29. The minimum Gasteiger partial charge on any atom is -0.461 e. The molecule has 0 aliphatic carbocycles. The van der Waals surface area contributed by atoms with E-state index in [9.17, 15) is 4.79 Å². The van der Waals surface area contributed by atoms with Crippen LogP contribution in [-0.4, -0.2) is 36.2 Å². The fourth-order valence-electron chi connectivity index (χ4n) is 2.79. The van der Waals surface area contributed by atoms with Crippen LogP contribution in [0.3, 0.4) is 0 Å². The van der Waals surface area contributed by atoms with E-state index in [4.69, 9.17) is 9.40 Å². The van der Waals surface area contributed by atoms with Crippen molar-refractivity contribution in [3.8, 4) is 11.6 Å². The Labute approximate surface area is 166 Å². The van der Waals surface area contributed by atoms with E-state index >= 15 is 0 Å². The number of nitrogens with one attached hydrogen (secondary N) is 1. The maximum Gasteiger partial charge on any atom is 0.236 e. The van der Waals surface area contributed by atoms with Gasteiger partial charge in [-0.1, -0.05) is 23.9 Å². The first-order chi connectivity index (χ1) is 13.8. The van der Waals surface area contributed by atoms with E-state index in [0.29, 0.717) is 27.5 Å².